The average molecular weight is 471 g/mol. The number of carbonyl (C=O) groups is 2. The fourth-order valence-corrected chi connectivity index (χ4v) is 10.7. The number of hydrogen-bond donors (Lipinski definition) is 2. The van der Waals surface area contributed by atoms with E-state index in [9.17, 15) is 19.8 Å². The van der Waals surface area contributed by atoms with Gasteiger partial charge in [-0.1, -0.05) is 53.0 Å². The van der Waals surface area contributed by atoms with Gasteiger partial charge in [0.25, 0.3) is 0 Å². The van der Waals surface area contributed by atoms with Gasteiger partial charge < -0.3 is 10.2 Å². The zero-order valence-corrected chi connectivity index (χ0v) is 22.2. The van der Waals surface area contributed by atoms with E-state index < -0.39 is 11.4 Å². The van der Waals surface area contributed by atoms with Crippen LogP contribution in [0.5, 0.6) is 0 Å². The van der Waals surface area contributed by atoms with Crippen LogP contribution in [0, 0.1) is 56.7 Å². The smallest absolute Gasteiger partial charge is 0.309 e. The van der Waals surface area contributed by atoms with Crippen LogP contribution in [0.4, 0.5) is 0 Å². The number of carboxylic acid groups (broad SMARTS) is 1. The van der Waals surface area contributed by atoms with Gasteiger partial charge in [-0.05, 0) is 97.4 Å². The monoisotopic (exact) mass is 470 g/mol. The van der Waals surface area contributed by atoms with Crippen LogP contribution in [0.25, 0.3) is 0 Å². The standard InChI is InChI=1S/C30H46O4/c1-18-8-7-10-27(3)19(18)9-11-30(6)24(27)22(32)16-20-23-21(17-31)28(4,25(33)34)14-12-26(23,2)13-15-29(20,30)5/h16,18-19,21,23-24,31H,7-15,17H2,1-6H3,(H,33,34). The molecule has 0 aromatic carbocycles. The van der Waals surface area contributed by atoms with Crippen molar-refractivity contribution in [2.75, 3.05) is 6.61 Å². The molecule has 0 bridgehead atoms. The Hall–Kier alpha value is -1.16. The molecule has 0 aromatic heterocycles. The van der Waals surface area contributed by atoms with E-state index >= 15 is 0 Å². The van der Waals surface area contributed by atoms with E-state index in [1.807, 2.05) is 13.0 Å². The van der Waals surface area contributed by atoms with Crippen molar-refractivity contribution in [2.24, 2.45) is 56.7 Å². The van der Waals surface area contributed by atoms with Gasteiger partial charge >= 0.3 is 5.97 Å². The molecule has 5 aliphatic rings. The second-order valence-electron chi connectivity index (χ2n) is 14.3. The summed E-state index contributed by atoms with van der Waals surface area (Å²) in [5.41, 5.74) is -0.0313. The van der Waals surface area contributed by atoms with Crippen LogP contribution in [0.15, 0.2) is 11.6 Å². The first kappa shape index (κ1) is 24.5. The zero-order valence-electron chi connectivity index (χ0n) is 22.2. The Morgan fingerprint density at radius 2 is 1.68 bits per heavy atom. The average Bonchev–Trinajstić information content (AvgIpc) is 2.75. The Morgan fingerprint density at radius 3 is 2.32 bits per heavy atom. The van der Waals surface area contributed by atoms with E-state index in [-0.39, 0.29) is 46.0 Å². The molecule has 0 aromatic rings. The molecule has 4 saturated carbocycles. The van der Waals surface area contributed by atoms with Gasteiger partial charge in [0.2, 0.25) is 0 Å². The summed E-state index contributed by atoms with van der Waals surface area (Å²) in [7, 11) is 0. The van der Waals surface area contributed by atoms with Gasteiger partial charge in [-0.2, -0.15) is 0 Å². The summed E-state index contributed by atoms with van der Waals surface area (Å²) in [5.74, 6) is 0.411. The van der Waals surface area contributed by atoms with E-state index in [0.717, 1.165) is 32.1 Å². The van der Waals surface area contributed by atoms with Crippen LogP contribution in [0.3, 0.4) is 0 Å². The number of hydrogen-bond acceptors (Lipinski definition) is 3. The topological polar surface area (TPSA) is 74.6 Å². The summed E-state index contributed by atoms with van der Waals surface area (Å²) in [6, 6.07) is 0. The lowest BCUT2D eigenvalue weighted by Gasteiger charge is -2.70. The third kappa shape index (κ3) is 2.81. The van der Waals surface area contributed by atoms with Crippen molar-refractivity contribution >= 4 is 11.8 Å². The SMILES string of the molecule is CC1CCCC2(C)C1CCC1(C)C2C(=O)C=C2C3C(CO)C(C)(C(=O)O)CCC3(C)CCC21C. The summed E-state index contributed by atoms with van der Waals surface area (Å²) in [4.78, 5) is 26.7. The number of carboxylic acids is 1. The third-order valence-corrected chi connectivity index (χ3v) is 13.1. The van der Waals surface area contributed by atoms with Crippen molar-refractivity contribution in [1.29, 1.82) is 0 Å². The number of aliphatic hydroxyl groups excluding tert-OH is 1. The number of ketones is 1. The van der Waals surface area contributed by atoms with E-state index in [1.54, 1.807) is 0 Å². The lowest BCUT2D eigenvalue weighted by atomic mass is 9.33. The minimum Gasteiger partial charge on any atom is -0.481 e. The minimum absolute atomic E-state index is 0.0432. The summed E-state index contributed by atoms with van der Waals surface area (Å²) >= 11 is 0. The molecule has 10 atom stereocenters. The number of fused-ring (bicyclic) bond motifs is 7. The second kappa shape index (κ2) is 7.43. The van der Waals surface area contributed by atoms with E-state index in [2.05, 4.69) is 34.6 Å². The van der Waals surface area contributed by atoms with Gasteiger partial charge in [0.1, 0.15) is 0 Å². The Kier molecular flexibility index (Phi) is 5.36. The van der Waals surface area contributed by atoms with Crippen LogP contribution >= 0.6 is 0 Å². The lowest BCUT2D eigenvalue weighted by Crippen LogP contribution is -2.65. The molecule has 0 spiro atoms. The molecule has 4 heteroatoms. The maximum absolute atomic E-state index is 14.2. The molecule has 2 N–H and O–H groups in total. The maximum Gasteiger partial charge on any atom is 0.309 e. The largest absolute Gasteiger partial charge is 0.481 e. The zero-order chi connectivity index (χ0) is 24.9. The fourth-order valence-electron chi connectivity index (χ4n) is 10.7. The molecule has 0 saturated heterocycles. The van der Waals surface area contributed by atoms with Gasteiger partial charge in [0, 0.05) is 18.4 Å². The molecule has 190 valence electrons. The molecule has 4 nitrogen and oxygen atoms in total. The molecule has 34 heavy (non-hydrogen) atoms. The first-order chi connectivity index (χ1) is 15.8. The van der Waals surface area contributed by atoms with Crippen LogP contribution in [0.1, 0.15) is 99.3 Å². The summed E-state index contributed by atoms with van der Waals surface area (Å²) in [6.07, 6.45) is 11.4. The summed E-state index contributed by atoms with van der Waals surface area (Å²) in [6.45, 7) is 13.6. The van der Waals surface area contributed by atoms with Gasteiger partial charge in [-0.25, -0.2) is 0 Å². The van der Waals surface area contributed by atoms with Crippen LogP contribution < -0.4 is 0 Å². The normalized spacial score (nSPS) is 54.7. The molecule has 0 heterocycles. The number of allylic oxidation sites excluding steroid dienone is 2. The van der Waals surface area contributed by atoms with Crippen molar-refractivity contribution < 1.29 is 19.8 Å². The van der Waals surface area contributed by atoms with Crippen molar-refractivity contribution in [2.45, 2.75) is 99.3 Å². The van der Waals surface area contributed by atoms with Gasteiger partial charge in [0.15, 0.2) is 5.78 Å². The van der Waals surface area contributed by atoms with E-state index in [0.29, 0.717) is 24.0 Å². The predicted octanol–water partition coefficient (Wildman–Crippen LogP) is 6.27. The Balaban J connectivity index is 1.67. The van der Waals surface area contributed by atoms with Crippen molar-refractivity contribution in [1.82, 2.24) is 0 Å². The van der Waals surface area contributed by atoms with Gasteiger partial charge in [-0.3, -0.25) is 9.59 Å². The van der Waals surface area contributed by atoms with Gasteiger partial charge in [-0.15, -0.1) is 0 Å². The molecule has 0 amide bonds. The first-order valence-electron chi connectivity index (χ1n) is 13.9. The fraction of sp³-hybridized carbons (Fsp3) is 0.867. The maximum atomic E-state index is 14.2. The Morgan fingerprint density at radius 1 is 1.00 bits per heavy atom. The molecule has 5 rings (SSSR count). The molecule has 0 aliphatic heterocycles. The minimum atomic E-state index is -0.957. The van der Waals surface area contributed by atoms with E-state index in [1.165, 1.54) is 24.8 Å². The number of aliphatic carboxylic acids is 1. The van der Waals surface area contributed by atoms with Gasteiger partial charge in [0.05, 0.1) is 5.41 Å². The lowest BCUT2D eigenvalue weighted by molar-refractivity contribution is -0.184. The predicted molar refractivity (Wildman–Crippen MR) is 133 cm³/mol. The molecule has 10 unspecified atom stereocenters. The van der Waals surface area contributed by atoms with Crippen molar-refractivity contribution in [3.05, 3.63) is 11.6 Å². The molecule has 4 fully saturated rings. The van der Waals surface area contributed by atoms with E-state index in [4.69, 9.17) is 0 Å². The molecule has 5 aliphatic carbocycles. The van der Waals surface area contributed by atoms with Crippen LogP contribution in [-0.2, 0) is 9.59 Å². The highest BCUT2D eigenvalue weighted by Gasteiger charge is 2.69. The number of carbonyl (C=O) groups excluding carboxylic acids is 1. The highest BCUT2D eigenvalue weighted by atomic mass is 16.4. The first-order valence-corrected chi connectivity index (χ1v) is 13.9. The van der Waals surface area contributed by atoms with Crippen molar-refractivity contribution in [3.63, 3.8) is 0 Å². The highest BCUT2D eigenvalue weighted by Crippen LogP contribution is 2.74. The highest BCUT2D eigenvalue weighted by molar-refractivity contribution is 5.95. The van der Waals surface area contributed by atoms with Crippen LogP contribution in [-0.4, -0.2) is 28.6 Å². The Labute approximate surface area is 206 Å². The summed E-state index contributed by atoms with van der Waals surface area (Å²) < 4.78 is 0. The molecular weight excluding hydrogens is 424 g/mol. The number of rotatable bonds is 2. The molecule has 0 radical (unpaired) electrons. The van der Waals surface area contributed by atoms with Crippen molar-refractivity contribution in [3.8, 4) is 0 Å². The third-order valence-electron chi connectivity index (χ3n) is 13.1. The Bertz CT molecular complexity index is 938. The number of aliphatic hydroxyl groups is 1. The molecular formula is C30H46O4. The quantitative estimate of drug-likeness (QED) is 0.499. The summed E-state index contributed by atoms with van der Waals surface area (Å²) in [5, 5.41) is 20.8. The van der Waals surface area contributed by atoms with Crippen LogP contribution in [0.2, 0.25) is 0 Å². The second-order valence-corrected chi connectivity index (χ2v) is 14.3.